The molecule has 0 bridgehead atoms. The predicted octanol–water partition coefficient (Wildman–Crippen LogP) is 4.94. The monoisotopic (exact) mass is 421 g/mol. The maximum Gasteiger partial charge on any atom is 0.323 e. The summed E-state index contributed by atoms with van der Waals surface area (Å²) >= 11 is 5.90. The Kier molecular flexibility index (Phi) is 6.59. The molecular formula is C20H24ClN3O3S. The fraction of sp³-hybridized carbons (Fsp3) is 0.350. The SMILES string of the molecule is CN(C1CCCCC1)S(=O)(=O)c1ccc(NC(=O)Nc2cccc(Cl)c2)cc1. The highest BCUT2D eigenvalue weighted by atomic mass is 35.5. The molecule has 3 rings (SSSR count). The van der Waals surface area contributed by atoms with Gasteiger partial charge < -0.3 is 10.6 Å². The minimum atomic E-state index is -3.55. The number of rotatable bonds is 5. The zero-order valence-corrected chi connectivity index (χ0v) is 17.3. The van der Waals surface area contributed by atoms with Crippen LogP contribution in [0, 0.1) is 0 Å². The van der Waals surface area contributed by atoms with E-state index in [9.17, 15) is 13.2 Å². The van der Waals surface area contributed by atoms with Gasteiger partial charge >= 0.3 is 6.03 Å². The Morgan fingerprint density at radius 2 is 1.64 bits per heavy atom. The molecule has 0 unspecified atom stereocenters. The van der Waals surface area contributed by atoms with Gasteiger partial charge in [-0.05, 0) is 55.3 Å². The quantitative estimate of drug-likeness (QED) is 0.717. The van der Waals surface area contributed by atoms with Crippen molar-refractivity contribution in [3.63, 3.8) is 0 Å². The van der Waals surface area contributed by atoms with E-state index in [-0.39, 0.29) is 10.9 Å². The van der Waals surface area contributed by atoms with Crippen LogP contribution in [0.5, 0.6) is 0 Å². The number of hydrogen-bond donors (Lipinski definition) is 2. The van der Waals surface area contributed by atoms with Crippen LogP contribution in [0.1, 0.15) is 32.1 Å². The number of amides is 2. The zero-order valence-electron chi connectivity index (χ0n) is 15.7. The van der Waals surface area contributed by atoms with E-state index < -0.39 is 16.1 Å². The van der Waals surface area contributed by atoms with E-state index >= 15 is 0 Å². The summed E-state index contributed by atoms with van der Waals surface area (Å²) in [6.45, 7) is 0. The molecule has 0 heterocycles. The van der Waals surface area contributed by atoms with Gasteiger partial charge in [0, 0.05) is 29.5 Å². The molecular weight excluding hydrogens is 398 g/mol. The molecule has 6 nitrogen and oxygen atoms in total. The van der Waals surface area contributed by atoms with E-state index in [0.717, 1.165) is 25.7 Å². The molecule has 0 spiro atoms. The van der Waals surface area contributed by atoms with E-state index in [0.29, 0.717) is 16.4 Å². The van der Waals surface area contributed by atoms with Crippen molar-refractivity contribution in [3.8, 4) is 0 Å². The Morgan fingerprint density at radius 3 is 2.29 bits per heavy atom. The van der Waals surface area contributed by atoms with Gasteiger partial charge in [-0.25, -0.2) is 13.2 Å². The standard InChI is InChI=1S/C20H24ClN3O3S/c1-24(18-8-3-2-4-9-18)28(26,27)19-12-10-16(11-13-19)22-20(25)23-17-7-5-6-15(21)14-17/h5-7,10-14,18H,2-4,8-9H2,1H3,(H2,22,23,25). The summed E-state index contributed by atoms with van der Waals surface area (Å²) in [7, 11) is -1.90. The van der Waals surface area contributed by atoms with Crippen molar-refractivity contribution in [2.45, 2.75) is 43.0 Å². The van der Waals surface area contributed by atoms with Crippen LogP contribution in [0.2, 0.25) is 5.02 Å². The van der Waals surface area contributed by atoms with Crippen LogP contribution in [-0.2, 0) is 10.0 Å². The maximum absolute atomic E-state index is 12.9. The smallest absolute Gasteiger partial charge is 0.308 e. The van der Waals surface area contributed by atoms with Crippen molar-refractivity contribution in [3.05, 3.63) is 53.6 Å². The van der Waals surface area contributed by atoms with Crippen molar-refractivity contribution >= 4 is 39.0 Å². The average Bonchev–Trinajstić information content (AvgIpc) is 2.68. The van der Waals surface area contributed by atoms with Crippen LogP contribution >= 0.6 is 11.6 Å². The second-order valence-electron chi connectivity index (χ2n) is 6.93. The summed E-state index contributed by atoms with van der Waals surface area (Å²) in [5, 5.41) is 5.88. The number of anilines is 2. The number of nitrogens with one attached hydrogen (secondary N) is 2. The molecule has 150 valence electrons. The van der Waals surface area contributed by atoms with Crippen molar-refractivity contribution in [1.29, 1.82) is 0 Å². The third-order valence-electron chi connectivity index (χ3n) is 4.96. The first-order valence-corrected chi connectivity index (χ1v) is 11.1. The average molecular weight is 422 g/mol. The minimum absolute atomic E-state index is 0.0556. The van der Waals surface area contributed by atoms with Crippen LogP contribution in [-0.4, -0.2) is 31.8 Å². The summed E-state index contributed by atoms with van der Waals surface area (Å²) in [6, 6.07) is 12.6. The zero-order chi connectivity index (χ0) is 20.1. The third kappa shape index (κ3) is 5.04. The Morgan fingerprint density at radius 1 is 1.00 bits per heavy atom. The van der Waals surface area contributed by atoms with E-state index in [2.05, 4.69) is 10.6 Å². The van der Waals surface area contributed by atoms with Gasteiger partial charge in [0.2, 0.25) is 10.0 Å². The lowest BCUT2D eigenvalue weighted by molar-refractivity contribution is 0.262. The first-order valence-electron chi connectivity index (χ1n) is 9.28. The van der Waals surface area contributed by atoms with Gasteiger partial charge in [0.25, 0.3) is 0 Å². The molecule has 0 atom stereocenters. The summed E-state index contributed by atoms with van der Waals surface area (Å²) < 4.78 is 27.2. The van der Waals surface area contributed by atoms with Gasteiger partial charge in [-0.3, -0.25) is 0 Å². The summed E-state index contributed by atoms with van der Waals surface area (Å²) in [4.78, 5) is 12.3. The van der Waals surface area contributed by atoms with Gasteiger partial charge in [0.15, 0.2) is 0 Å². The summed E-state index contributed by atoms with van der Waals surface area (Å²) in [5.41, 5.74) is 1.07. The number of hydrogen-bond acceptors (Lipinski definition) is 3. The molecule has 1 aliphatic rings. The summed E-state index contributed by atoms with van der Waals surface area (Å²) in [5.74, 6) is 0. The van der Waals surface area contributed by atoms with E-state index in [1.165, 1.54) is 22.9 Å². The number of carbonyl (C=O) groups is 1. The maximum atomic E-state index is 12.9. The first kappa shape index (κ1) is 20.6. The molecule has 8 heteroatoms. The van der Waals surface area contributed by atoms with Crippen LogP contribution in [0.3, 0.4) is 0 Å². The van der Waals surface area contributed by atoms with Gasteiger partial charge in [-0.2, -0.15) is 4.31 Å². The predicted molar refractivity (Wildman–Crippen MR) is 112 cm³/mol. The van der Waals surface area contributed by atoms with Crippen molar-refractivity contribution in [1.82, 2.24) is 4.31 Å². The fourth-order valence-electron chi connectivity index (χ4n) is 3.38. The van der Waals surface area contributed by atoms with Crippen molar-refractivity contribution < 1.29 is 13.2 Å². The molecule has 1 saturated carbocycles. The number of nitrogens with zero attached hydrogens (tertiary/aromatic N) is 1. The van der Waals surface area contributed by atoms with Gasteiger partial charge in [-0.15, -0.1) is 0 Å². The number of urea groups is 1. The van der Waals surface area contributed by atoms with E-state index in [4.69, 9.17) is 11.6 Å². The third-order valence-corrected chi connectivity index (χ3v) is 7.12. The molecule has 0 aliphatic heterocycles. The van der Waals surface area contributed by atoms with Crippen molar-refractivity contribution in [2.24, 2.45) is 0 Å². The van der Waals surface area contributed by atoms with Gasteiger partial charge in [0.1, 0.15) is 0 Å². The topological polar surface area (TPSA) is 78.5 Å². The van der Waals surface area contributed by atoms with Crippen LogP contribution in [0.25, 0.3) is 0 Å². The van der Waals surface area contributed by atoms with Crippen LogP contribution in [0.4, 0.5) is 16.2 Å². The minimum Gasteiger partial charge on any atom is -0.308 e. The molecule has 0 radical (unpaired) electrons. The molecule has 1 fully saturated rings. The highest BCUT2D eigenvalue weighted by Gasteiger charge is 2.28. The number of halogens is 1. The molecule has 2 amide bonds. The van der Waals surface area contributed by atoms with Gasteiger partial charge in [-0.1, -0.05) is 36.9 Å². The second-order valence-corrected chi connectivity index (χ2v) is 9.36. The lowest BCUT2D eigenvalue weighted by Gasteiger charge is -2.30. The second kappa shape index (κ2) is 8.94. The molecule has 0 saturated heterocycles. The Hall–Kier alpha value is -2.09. The van der Waals surface area contributed by atoms with Crippen molar-refractivity contribution in [2.75, 3.05) is 17.7 Å². The largest absolute Gasteiger partial charge is 0.323 e. The number of sulfonamides is 1. The lowest BCUT2D eigenvalue weighted by atomic mass is 9.96. The molecule has 28 heavy (non-hydrogen) atoms. The normalized spacial score (nSPS) is 15.4. The molecule has 2 aromatic rings. The van der Waals surface area contributed by atoms with Crippen LogP contribution in [0.15, 0.2) is 53.4 Å². The Balaban J connectivity index is 1.64. The highest BCUT2D eigenvalue weighted by molar-refractivity contribution is 7.89. The van der Waals surface area contributed by atoms with Gasteiger partial charge in [0.05, 0.1) is 4.90 Å². The number of carbonyl (C=O) groups excluding carboxylic acids is 1. The molecule has 2 N–H and O–H groups in total. The van der Waals surface area contributed by atoms with E-state index in [1.807, 2.05) is 0 Å². The van der Waals surface area contributed by atoms with Crippen LogP contribution < -0.4 is 10.6 Å². The Bertz CT molecular complexity index is 926. The molecule has 0 aromatic heterocycles. The lowest BCUT2D eigenvalue weighted by Crippen LogP contribution is -2.38. The highest BCUT2D eigenvalue weighted by Crippen LogP contribution is 2.27. The Labute approximate surface area is 170 Å². The first-order chi connectivity index (χ1) is 13.4. The van der Waals surface area contributed by atoms with E-state index in [1.54, 1.807) is 43.4 Å². The summed E-state index contributed by atoms with van der Waals surface area (Å²) in [6.07, 6.45) is 5.10. The fourth-order valence-corrected chi connectivity index (χ4v) is 4.98. The molecule has 1 aliphatic carbocycles. The number of benzene rings is 2. The molecule has 2 aromatic carbocycles.